The standard InChI is InChI=1S/C15H21Cl2N3O3S/c1-10(2)14(18)15(21)19-5-7-20(8-6-19)24(22,23)11-3-4-12(16)13(17)9-11/h3-4,9-10,14H,5-8,18H2,1-2H3/t14-/m0/s1. The van der Waals surface area contributed by atoms with Gasteiger partial charge in [-0.1, -0.05) is 37.0 Å². The highest BCUT2D eigenvalue weighted by molar-refractivity contribution is 7.89. The Hall–Kier alpha value is -0.860. The van der Waals surface area contributed by atoms with Crippen LogP contribution in [0.4, 0.5) is 0 Å². The lowest BCUT2D eigenvalue weighted by atomic mass is 10.0. The maximum Gasteiger partial charge on any atom is 0.243 e. The minimum atomic E-state index is -3.67. The van der Waals surface area contributed by atoms with E-state index >= 15 is 0 Å². The van der Waals surface area contributed by atoms with Crippen molar-refractivity contribution >= 4 is 39.1 Å². The molecule has 1 amide bonds. The SMILES string of the molecule is CC(C)[C@H](N)C(=O)N1CCN(S(=O)(=O)c2ccc(Cl)c(Cl)c2)CC1. The van der Waals surface area contributed by atoms with Crippen molar-refractivity contribution in [3.05, 3.63) is 28.2 Å². The summed E-state index contributed by atoms with van der Waals surface area (Å²) in [6.45, 7) is 4.85. The largest absolute Gasteiger partial charge is 0.339 e. The van der Waals surface area contributed by atoms with E-state index in [1.54, 1.807) is 4.90 Å². The Labute approximate surface area is 152 Å². The molecule has 1 aromatic carbocycles. The molecule has 1 atom stereocenters. The number of nitrogens with two attached hydrogens (primary N) is 1. The van der Waals surface area contributed by atoms with E-state index in [1.807, 2.05) is 13.8 Å². The second kappa shape index (κ2) is 7.58. The molecular weight excluding hydrogens is 373 g/mol. The summed E-state index contributed by atoms with van der Waals surface area (Å²) < 4.78 is 26.7. The lowest BCUT2D eigenvalue weighted by Gasteiger charge is -2.35. The number of benzene rings is 1. The second-order valence-corrected chi connectivity index (χ2v) is 8.83. The van der Waals surface area contributed by atoms with Gasteiger partial charge in [-0.2, -0.15) is 4.31 Å². The maximum absolute atomic E-state index is 12.7. The number of nitrogens with zero attached hydrogens (tertiary/aromatic N) is 2. The Morgan fingerprint density at radius 2 is 1.71 bits per heavy atom. The van der Waals surface area contributed by atoms with Crippen molar-refractivity contribution < 1.29 is 13.2 Å². The summed E-state index contributed by atoms with van der Waals surface area (Å²) in [6, 6.07) is 3.66. The molecule has 2 rings (SSSR count). The number of amides is 1. The van der Waals surface area contributed by atoms with Gasteiger partial charge < -0.3 is 10.6 Å². The van der Waals surface area contributed by atoms with Gasteiger partial charge in [-0.15, -0.1) is 0 Å². The van der Waals surface area contributed by atoms with Gasteiger partial charge in [-0.25, -0.2) is 8.42 Å². The van der Waals surface area contributed by atoms with Gasteiger partial charge in [-0.05, 0) is 24.1 Å². The first-order valence-corrected chi connectivity index (χ1v) is 9.83. The van der Waals surface area contributed by atoms with Crippen LogP contribution in [0.3, 0.4) is 0 Å². The van der Waals surface area contributed by atoms with Gasteiger partial charge in [-0.3, -0.25) is 4.79 Å². The summed E-state index contributed by atoms with van der Waals surface area (Å²) in [5, 5.41) is 0.489. The van der Waals surface area contributed by atoms with Gasteiger partial charge in [0.15, 0.2) is 0 Å². The minimum Gasteiger partial charge on any atom is -0.339 e. The zero-order valence-corrected chi connectivity index (χ0v) is 15.9. The van der Waals surface area contributed by atoms with Crippen LogP contribution in [0.25, 0.3) is 0 Å². The Bertz CT molecular complexity index is 717. The number of hydrogen-bond donors (Lipinski definition) is 1. The molecule has 1 heterocycles. The summed E-state index contributed by atoms with van der Waals surface area (Å²) in [7, 11) is -3.67. The molecule has 0 unspecified atom stereocenters. The van der Waals surface area contributed by atoms with Crippen molar-refractivity contribution in [2.45, 2.75) is 24.8 Å². The fraction of sp³-hybridized carbons (Fsp3) is 0.533. The van der Waals surface area contributed by atoms with Crippen molar-refractivity contribution in [2.75, 3.05) is 26.2 Å². The van der Waals surface area contributed by atoms with Gasteiger partial charge in [0.1, 0.15) is 0 Å². The highest BCUT2D eigenvalue weighted by atomic mass is 35.5. The first-order chi connectivity index (χ1) is 11.1. The maximum atomic E-state index is 12.7. The molecular formula is C15H21Cl2N3O3S. The molecule has 1 fully saturated rings. The van der Waals surface area contributed by atoms with Crippen LogP contribution >= 0.6 is 23.2 Å². The minimum absolute atomic E-state index is 0.0375. The summed E-state index contributed by atoms with van der Waals surface area (Å²) in [5.74, 6) is -0.105. The zero-order valence-electron chi connectivity index (χ0n) is 13.6. The molecule has 9 heteroatoms. The first kappa shape index (κ1) is 19.5. The van der Waals surface area contributed by atoms with E-state index in [-0.39, 0.29) is 34.8 Å². The molecule has 24 heavy (non-hydrogen) atoms. The molecule has 0 aromatic heterocycles. The molecule has 1 aromatic rings. The van der Waals surface area contributed by atoms with E-state index in [0.717, 1.165) is 0 Å². The fourth-order valence-corrected chi connectivity index (χ4v) is 4.24. The molecule has 1 aliphatic rings. The van der Waals surface area contributed by atoms with Gasteiger partial charge >= 0.3 is 0 Å². The van der Waals surface area contributed by atoms with Crippen LogP contribution in [0, 0.1) is 5.92 Å². The lowest BCUT2D eigenvalue weighted by molar-refractivity contribution is -0.134. The van der Waals surface area contributed by atoms with Gasteiger partial charge in [0.2, 0.25) is 15.9 Å². The molecule has 6 nitrogen and oxygen atoms in total. The van der Waals surface area contributed by atoms with E-state index in [1.165, 1.54) is 22.5 Å². The topological polar surface area (TPSA) is 83.7 Å². The third-order valence-corrected chi connectivity index (χ3v) is 6.72. The average molecular weight is 394 g/mol. The van der Waals surface area contributed by atoms with Gasteiger partial charge in [0.25, 0.3) is 0 Å². The molecule has 0 aliphatic carbocycles. The third-order valence-electron chi connectivity index (χ3n) is 4.08. The van der Waals surface area contributed by atoms with E-state index in [4.69, 9.17) is 28.9 Å². The zero-order chi connectivity index (χ0) is 18.1. The number of piperazine rings is 1. The third kappa shape index (κ3) is 4.03. The average Bonchev–Trinajstić information content (AvgIpc) is 2.55. The number of carbonyl (C=O) groups is 1. The number of rotatable bonds is 4. The molecule has 0 bridgehead atoms. The number of carbonyl (C=O) groups excluding carboxylic acids is 1. The number of halogens is 2. The van der Waals surface area contributed by atoms with Crippen molar-refractivity contribution in [1.82, 2.24) is 9.21 Å². The number of hydrogen-bond acceptors (Lipinski definition) is 4. The Kier molecular flexibility index (Phi) is 6.14. The van der Waals surface area contributed by atoms with Crippen molar-refractivity contribution in [2.24, 2.45) is 11.7 Å². The summed E-state index contributed by atoms with van der Waals surface area (Å²) in [6.07, 6.45) is 0. The van der Waals surface area contributed by atoms with Crippen molar-refractivity contribution in [3.8, 4) is 0 Å². The van der Waals surface area contributed by atoms with Crippen LogP contribution in [-0.2, 0) is 14.8 Å². The molecule has 2 N–H and O–H groups in total. The van der Waals surface area contributed by atoms with Crippen LogP contribution in [0.15, 0.2) is 23.1 Å². The molecule has 0 spiro atoms. The summed E-state index contributed by atoms with van der Waals surface area (Å²) in [5.41, 5.74) is 5.88. The monoisotopic (exact) mass is 393 g/mol. The summed E-state index contributed by atoms with van der Waals surface area (Å²) >= 11 is 11.7. The predicted molar refractivity (Wildman–Crippen MR) is 94.6 cm³/mol. The van der Waals surface area contributed by atoms with Crippen LogP contribution in [0.2, 0.25) is 10.0 Å². The molecule has 1 saturated heterocycles. The van der Waals surface area contributed by atoms with Crippen LogP contribution in [0.5, 0.6) is 0 Å². The van der Waals surface area contributed by atoms with Crippen LogP contribution in [0.1, 0.15) is 13.8 Å². The summed E-state index contributed by atoms with van der Waals surface area (Å²) in [4.78, 5) is 14.0. The van der Waals surface area contributed by atoms with E-state index in [0.29, 0.717) is 18.1 Å². The van der Waals surface area contributed by atoms with Crippen LogP contribution < -0.4 is 5.73 Å². The molecule has 0 saturated carbocycles. The second-order valence-electron chi connectivity index (χ2n) is 6.08. The molecule has 134 valence electrons. The van der Waals surface area contributed by atoms with Gasteiger partial charge in [0.05, 0.1) is 21.0 Å². The van der Waals surface area contributed by atoms with Crippen molar-refractivity contribution in [3.63, 3.8) is 0 Å². The first-order valence-electron chi connectivity index (χ1n) is 7.64. The smallest absolute Gasteiger partial charge is 0.243 e. The Morgan fingerprint density at radius 1 is 1.12 bits per heavy atom. The van der Waals surface area contributed by atoms with Gasteiger partial charge in [0, 0.05) is 26.2 Å². The van der Waals surface area contributed by atoms with Crippen LogP contribution in [-0.4, -0.2) is 55.8 Å². The normalized spacial score (nSPS) is 18.0. The highest BCUT2D eigenvalue weighted by Crippen LogP contribution is 2.27. The molecule has 1 aliphatic heterocycles. The van der Waals surface area contributed by atoms with E-state index in [2.05, 4.69) is 0 Å². The Balaban J connectivity index is 2.08. The number of sulfonamides is 1. The van der Waals surface area contributed by atoms with Crippen molar-refractivity contribution in [1.29, 1.82) is 0 Å². The molecule has 0 radical (unpaired) electrons. The highest BCUT2D eigenvalue weighted by Gasteiger charge is 2.32. The quantitative estimate of drug-likeness (QED) is 0.844. The fourth-order valence-electron chi connectivity index (χ4n) is 2.43. The van der Waals surface area contributed by atoms with E-state index < -0.39 is 16.1 Å². The van der Waals surface area contributed by atoms with E-state index in [9.17, 15) is 13.2 Å². The predicted octanol–water partition coefficient (Wildman–Crippen LogP) is 1.81. The Morgan fingerprint density at radius 3 is 2.21 bits per heavy atom. The lowest BCUT2D eigenvalue weighted by Crippen LogP contribution is -2.55.